The average Bonchev–Trinajstić information content (AvgIpc) is 2.97. The van der Waals surface area contributed by atoms with E-state index in [2.05, 4.69) is 5.32 Å². The number of nitrogens with zero attached hydrogens (tertiary/aromatic N) is 1. The van der Waals surface area contributed by atoms with Crippen LogP contribution in [0.4, 0.5) is 0 Å². The number of fused-ring (bicyclic) bond motifs is 2. The maximum absolute atomic E-state index is 12.0. The molecule has 1 saturated heterocycles. The summed E-state index contributed by atoms with van der Waals surface area (Å²) in [6.45, 7) is 1.34. The maximum atomic E-state index is 12.0. The summed E-state index contributed by atoms with van der Waals surface area (Å²) in [4.78, 5) is 25.4. The predicted molar refractivity (Wildman–Crippen MR) is 58.6 cm³/mol. The first-order valence-corrected chi connectivity index (χ1v) is 6.34. The molecular weight excluding hydrogens is 204 g/mol. The van der Waals surface area contributed by atoms with Gasteiger partial charge in [0.05, 0.1) is 0 Å². The molecule has 2 aliphatic carbocycles. The lowest BCUT2D eigenvalue weighted by Gasteiger charge is -2.29. The van der Waals surface area contributed by atoms with Crippen molar-refractivity contribution in [2.45, 2.75) is 38.1 Å². The second-order valence-electron chi connectivity index (χ2n) is 5.26. The van der Waals surface area contributed by atoms with Gasteiger partial charge < -0.3 is 5.32 Å². The molecule has 2 atom stereocenters. The molecule has 2 unspecified atom stereocenters. The summed E-state index contributed by atoms with van der Waals surface area (Å²) in [7, 11) is 0. The van der Waals surface area contributed by atoms with E-state index in [1.807, 2.05) is 0 Å². The smallest absolute Gasteiger partial charge is 0.232 e. The fourth-order valence-corrected chi connectivity index (χ4v) is 2.87. The Bertz CT molecular complexity index is 303. The Labute approximate surface area is 95.4 Å². The van der Waals surface area contributed by atoms with Crippen LogP contribution in [0.15, 0.2) is 0 Å². The van der Waals surface area contributed by atoms with Crippen molar-refractivity contribution in [2.75, 3.05) is 13.1 Å². The van der Waals surface area contributed by atoms with Gasteiger partial charge in [-0.1, -0.05) is 0 Å². The van der Waals surface area contributed by atoms with E-state index in [1.165, 1.54) is 17.7 Å². The number of hydrogen-bond donors (Lipinski definition) is 1. The fourth-order valence-electron chi connectivity index (χ4n) is 2.87. The summed E-state index contributed by atoms with van der Waals surface area (Å²) < 4.78 is 0. The Morgan fingerprint density at radius 3 is 2.25 bits per heavy atom. The lowest BCUT2D eigenvalue weighted by Crippen LogP contribution is -2.48. The first-order chi connectivity index (χ1) is 7.75. The lowest BCUT2D eigenvalue weighted by molar-refractivity contribution is -0.152. The summed E-state index contributed by atoms with van der Waals surface area (Å²) in [6, 6.07) is 0.645. The molecule has 4 nitrogen and oxygen atoms in total. The Morgan fingerprint density at radius 2 is 1.69 bits per heavy atom. The van der Waals surface area contributed by atoms with Gasteiger partial charge in [-0.15, -0.1) is 0 Å². The molecule has 1 N–H and O–H groups in total. The molecule has 2 amide bonds. The zero-order valence-corrected chi connectivity index (χ0v) is 9.45. The van der Waals surface area contributed by atoms with Crippen LogP contribution in [-0.4, -0.2) is 35.8 Å². The van der Waals surface area contributed by atoms with Crippen molar-refractivity contribution in [3.8, 4) is 0 Å². The molecule has 1 aliphatic heterocycles. The largest absolute Gasteiger partial charge is 0.312 e. The molecular formula is C12H18N2O2. The summed E-state index contributed by atoms with van der Waals surface area (Å²) >= 11 is 0. The minimum atomic E-state index is 0.0800. The van der Waals surface area contributed by atoms with E-state index >= 15 is 0 Å². The van der Waals surface area contributed by atoms with Gasteiger partial charge in [0.1, 0.15) is 0 Å². The van der Waals surface area contributed by atoms with Gasteiger partial charge in [0.2, 0.25) is 11.8 Å². The molecule has 1 heterocycles. The van der Waals surface area contributed by atoms with Gasteiger partial charge >= 0.3 is 0 Å². The van der Waals surface area contributed by atoms with Crippen molar-refractivity contribution >= 4 is 11.8 Å². The number of piperidine rings is 1. The van der Waals surface area contributed by atoms with Crippen LogP contribution in [0.1, 0.15) is 32.1 Å². The van der Waals surface area contributed by atoms with E-state index < -0.39 is 0 Å². The Kier molecular flexibility index (Phi) is 2.46. The molecule has 2 bridgehead atoms. The highest BCUT2D eigenvalue weighted by Gasteiger charge is 2.44. The quantitative estimate of drug-likeness (QED) is 0.706. The van der Waals surface area contributed by atoms with E-state index in [4.69, 9.17) is 0 Å². The highest BCUT2D eigenvalue weighted by atomic mass is 16.2. The molecule has 4 heteroatoms. The number of nitrogens with one attached hydrogen (secondary N) is 1. The number of likely N-dealkylation sites (tertiary alicyclic amines) is 1. The van der Waals surface area contributed by atoms with E-state index in [1.54, 1.807) is 0 Å². The van der Waals surface area contributed by atoms with Crippen molar-refractivity contribution < 1.29 is 9.59 Å². The Hall–Kier alpha value is -0.900. The zero-order chi connectivity index (χ0) is 11.1. The molecule has 3 fully saturated rings. The first kappa shape index (κ1) is 10.3. The molecule has 3 aliphatic rings. The van der Waals surface area contributed by atoms with E-state index in [0.717, 1.165) is 25.8 Å². The van der Waals surface area contributed by atoms with Crippen molar-refractivity contribution in [3.63, 3.8) is 0 Å². The first-order valence-electron chi connectivity index (χ1n) is 6.34. The predicted octanol–water partition coefficient (Wildman–Crippen LogP) is 0.523. The van der Waals surface area contributed by atoms with Gasteiger partial charge in [0, 0.05) is 31.0 Å². The van der Waals surface area contributed by atoms with Crippen LogP contribution in [-0.2, 0) is 9.59 Å². The average molecular weight is 222 g/mol. The van der Waals surface area contributed by atoms with Gasteiger partial charge in [-0.2, -0.15) is 0 Å². The Balaban J connectivity index is 1.59. The molecule has 3 rings (SSSR count). The fraction of sp³-hybridized carbons (Fsp3) is 0.833. The maximum Gasteiger partial charge on any atom is 0.232 e. The van der Waals surface area contributed by atoms with Crippen molar-refractivity contribution in [2.24, 2.45) is 11.8 Å². The normalized spacial score (nSPS) is 33.6. The highest BCUT2D eigenvalue weighted by Crippen LogP contribution is 2.37. The highest BCUT2D eigenvalue weighted by molar-refractivity contribution is 6.00. The van der Waals surface area contributed by atoms with Crippen molar-refractivity contribution in [1.82, 2.24) is 10.2 Å². The van der Waals surface area contributed by atoms with Gasteiger partial charge in [-0.05, 0) is 32.1 Å². The number of hydrogen-bond acceptors (Lipinski definition) is 3. The standard InChI is InChI=1S/C12H18N2O2/c15-11-8-1-2-9(7-8)12(16)14(11)6-5-13-10-3-4-10/h8-10,13H,1-7H2. The molecule has 16 heavy (non-hydrogen) atoms. The summed E-state index contributed by atoms with van der Waals surface area (Å²) in [5, 5.41) is 3.35. The third kappa shape index (κ3) is 1.75. The number of carbonyl (C=O) groups excluding carboxylic acids is 2. The third-order valence-corrected chi connectivity index (χ3v) is 4.01. The van der Waals surface area contributed by atoms with Crippen LogP contribution in [0.3, 0.4) is 0 Å². The topological polar surface area (TPSA) is 49.4 Å². The van der Waals surface area contributed by atoms with Crippen molar-refractivity contribution in [3.05, 3.63) is 0 Å². The minimum absolute atomic E-state index is 0.0800. The summed E-state index contributed by atoms with van der Waals surface area (Å²) in [5.74, 6) is 0.444. The van der Waals surface area contributed by atoms with Crippen LogP contribution >= 0.6 is 0 Å². The van der Waals surface area contributed by atoms with Crippen LogP contribution in [0.2, 0.25) is 0 Å². The summed E-state index contributed by atoms with van der Waals surface area (Å²) in [5.41, 5.74) is 0. The lowest BCUT2D eigenvalue weighted by atomic mass is 9.97. The molecule has 0 aromatic carbocycles. The molecule has 88 valence electrons. The number of imide groups is 1. The van der Waals surface area contributed by atoms with Crippen LogP contribution in [0, 0.1) is 11.8 Å². The second kappa shape index (κ2) is 3.84. The zero-order valence-electron chi connectivity index (χ0n) is 9.45. The van der Waals surface area contributed by atoms with Gasteiger partial charge in [-0.25, -0.2) is 0 Å². The SMILES string of the molecule is O=C1C2CCC(C2)C(=O)N1CCNC1CC1. The molecule has 0 radical (unpaired) electrons. The van der Waals surface area contributed by atoms with Crippen LogP contribution in [0.25, 0.3) is 0 Å². The van der Waals surface area contributed by atoms with Crippen LogP contribution < -0.4 is 5.32 Å². The Morgan fingerprint density at radius 1 is 1.06 bits per heavy atom. The summed E-state index contributed by atoms with van der Waals surface area (Å²) in [6.07, 6.45) is 5.13. The molecule has 0 aromatic rings. The van der Waals surface area contributed by atoms with E-state index in [9.17, 15) is 9.59 Å². The minimum Gasteiger partial charge on any atom is -0.312 e. The number of amides is 2. The third-order valence-electron chi connectivity index (χ3n) is 4.01. The molecule has 2 saturated carbocycles. The van der Waals surface area contributed by atoms with E-state index in [-0.39, 0.29) is 23.7 Å². The second-order valence-corrected chi connectivity index (χ2v) is 5.26. The van der Waals surface area contributed by atoms with Crippen LogP contribution in [0.5, 0.6) is 0 Å². The monoisotopic (exact) mass is 222 g/mol. The number of rotatable bonds is 4. The number of carbonyl (C=O) groups is 2. The van der Waals surface area contributed by atoms with Crippen molar-refractivity contribution in [1.29, 1.82) is 0 Å². The van der Waals surface area contributed by atoms with E-state index in [0.29, 0.717) is 12.6 Å². The molecule has 0 spiro atoms. The van der Waals surface area contributed by atoms with Gasteiger partial charge in [0.25, 0.3) is 0 Å². The van der Waals surface area contributed by atoms with Gasteiger partial charge in [0.15, 0.2) is 0 Å². The molecule has 0 aromatic heterocycles. The van der Waals surface area contributed by atoms with Gasteiger partial charge in [-0.3, -0.25) is 14.5 Å².